The van der Waals surface area contributed by atoms with Crippen molar-refractivity contribution in [3.05, 3.63) is 80.8 Å². The summed E-state index contributed by atoms with van der Waals surface area (Å²) in [5.74, 6) is 0.145. The lowest BCUT2D eigenvalue weighted by Crippen LogP contribution is -2.21. The van der Waals surface area contributed by atoms with Gasteiger partial charge in [0, 0.05) is 19.2 Å². The van der Waals surface area contributed by atoms with Crippen LogP contribution in [0.15, 0.2) is 59.7 Å². The summed E-state index contributed by atoms with van der Waals surface area (Å²) in [4.78, 5) is 44.3. The van der Waals surface area contributed by atoms with E-state index in [0.717, 1.165) is 0 Å². The number of hydrogen-bond donors (Lipinski definition) is 5. The number of nitrogens with zero attached hydrogens (tertiary/aromatic N) is 3. The molecule has 4 aromatic rings. The van der Waals surface area contributed by atoms with E-state index in [0.29, 0.717) is 11.3 Å². The van der Waals surface area contributed by atoms with Crippen molar-refractivity contribution in [3.8, 4) is 17.3 Å². The molecular formula is C24H21Cl2N7O6. The predicted molar refractivity (Wildman–Crippen MR) is 144 cm³/mol. The predicted octanol–water partition coefficient (Wildman–Crippen LogP) is 3.78. The van der Waals surface area contributed by atoms with Gasteiger partial charge in [-0.25, -0.2) is 19.4 Å². The Morgan fingerprint density at radius 2 is 1.79 bits per heavy atom. The monoisotopic (exact) mass is 573 g/mol. The van der Waals surface area contributed by atoms with Gasteiger partial charge < -0.3 is 25.2 Å². The van der Waals surface area contributed by atoms with Gasteiger partial charge in [0.15, 0.2) is 0 Å². The van der Waals surface area contributed by atoms with Crippen LogP contribution in [0.3, 0.4) is 0 Å². The van der Waals surface area contributed by atoms with Crippen LogP contribution in [0.4, 0.5) is 22.1 Å². The number of carbonyl (C=O) groups is 2. The van der Waals surface area contributed by atoms with E-state index in [1.54, 1.807) is 24.3 Å². The third-order valence-corrected chi connectivity index (χ3v) is 5.91. The second kappa shape index (κ2) is 12.4. The molecule has 2 heterocycles. The number of hydrogen-bond acceptors (Lipinski definition) is 8. The van der Waals surface area contributed by atoms with Crippen molar-refractivity contribution >= 4 is 52.5 Å². The molecule has 0 radical (unpaired) electrons. The highest BCUT2D eigenvalue weighted by Gasteiger charge is 2.16. The van der Waals surface area contributed by atoms with E-state index >= 15 is 0 Å². The molecule has 2 aromatic carbocycles. The van der Waals surface area contributed by atoms with Gasteiger partial charge in [0.2, 0.25) is 5.88 Å². The summed E-state index contributed by atoms with van der Waals surface area (Å²) in [6.45, 7) is -0.278. The number of anilines is 3. The summed E-state index contributed by atoms with van der Waals surface area (Å²) in [6.07, 6.45) is 1.19. The lowest BCUT2D eigenvalue weighted by Gasteiger charge is -2.14. The topological polar surface area (TPSA) is 172 Å². The first kappa shape index (κ1) is 27.6. The van der Waals surface area contributed by atoms with Gasteiger partial charge in [-0.1, -0.05) is 35.3 Å². The summed E-state index contributed by atoms with van der Waals surface area (Å²) < 4.78 is 11.8. The molecule has 0 fully saturated rings. The molecule has 0 spiro atoms. The summed E-state index contributed by atoms with van der Waals surface area (Å²) in [5.41, 5.74) is 0.968. The highest BCUT2D eigenvalue weighted by molar-refractivity contribution is 6.45. The van der Waals surface area contributed by atoms with Gasteiger partial charge in [0.25, 0.3) is 11.5 Å². The standard InChI is InChI=1S/C24H21Cl2N7O6/c1-38-11-20(36)30-17-8-21(28-12-27-17)39-16-7-6-15(22(25)23(16)26)29-24(37)31-18-9-19(35)32-33(18)14-4-2-13(10-34)3-5-14/h2-9,12,34H,10-11H2,1H3,(H,32,35)(H2,29,31,37)(H,27,28,30,36). The largest absolute Gasteiger partial charge is 0.437 e. The third-order valence-electron chi connectivity index (χ3n) is 5.04. The molecule has 15 heteroatoms. The summed E-state index contributed by atoms with van der Waals surface area (Å²) in [5, 5.41) is 19.5. The summed E-state index contributed by atoms with van der Waals surface area (Å²) >= 11 is 12.7. The number of aromatic nitrogens is 4. The second-order valence-corrected chi connectivity index (χ2v) is 8.56. The minimum absolute atomic E-state index is 0.0134. The van der Waals surface area contributed by atoms with Gasteiger partial charge in [-0.05, 0) is 29.8 Å². The zero-order chi connectivity index (χ0) is 27.9. The van der Waals surface area contributed by atoms with Crippen LogP contribution in [0.2, 0.25) is 10.0 Å². The minimum Gasteiger partial charge on any atom is -0.437 e. The minimum atomic E-state index is -0.700. The molecule has 5 N–H and O–H groups in total. The first-order valence-electron chi connectivity index (χ1n) is 11.1. The normalized spacial score (nSPS) is 10.7. The van der Waals surface area contributed by atoms with Crippen LogP contribution in [0.25, 0.3) is 5.69 Å². The fourth-order valence-electron chi connectivity index (χ4n) is 3.30. The molecule has 3 amide bonds. The summed E-state index contributed by atoms with van der Waals surface area (Å²) in [6, 6.07) is 11.5. The zero-order valence-corrected chi connectivity index (χ0v) is 21.7. The maximum absolute atomic E-state index is 12.7. The van der Waals surface area contributed by atoms with E-state index in [2.05, 4.69) is 31.0 Å². The Hall–Kier alpha value is -4.43. The number of methoxy groups -OCH3 is 1. The van der Waals surface area contributed by atoms with Crippen molar-refractivity contribution in [1.29, 1.82) is 0 Å². The number of H-pyrrole nitrogens is 1. The highest BCUT2D eigenvalue weighted by atomic mass is 35.5. The maximum Gasteiger partial charge on any atom is 0.324 e. The number of nitrogens with one attached hydrogen (secondary N) is 4. The zero-order valence-electron chi connectivity index (χ0n) is 20.2. The molecule has 0 bridgehead atoms. The number of halogens is 2. The smallest absolute Gasteiger partial charge is 0.324 e. The first-order chi connectivity index (χ1) is 18.8. The molecule has 13 nitrogen and oxygen atoms in total. The van der Waals surface area contributed by atoms with Gasteiger partial charge in [-0.15, -0.1) is 0 Å². The van der Waals surface area contributed by atoms with Crippen LogP contribution < -0.4 is 26.2 Å². The molecular weight excluding hydrogens is 553 g/mol. The first-order valence-corrected chi connectivity index (χ1v) is 11.9. The number of ether oxygens (including phenoxy) is 2. The molecule has 0 atom stereocenters. The second-order valence-electron chi connectivity index (χ2n) is 7.81. The average Bonchev–Trinajstić information content (AvgIpc) is 3.28. The van der Waals surface area contributed by atoms with E-state index < -0.39 is 17.5 Å². The number of aliphatic hydroxyl groups is 1. The Balaban J connectivity index is 1.46. The summed E-state index contributed by atoms with van der Waals surface area (Å²) in [7, 11) is 1.39. The van der Waals surface area contributed by atoms with E-state index in [1.807, 2.05) is 0 Å². The number of carbonyl (C=O) groups excluding carboxylic acids is 2. The molecule has 202 valence electrons. The Labute approximate surface area is 230 Å². The quantitative estimate of drug-likeness (QED) is 0.201. The van der Waals surface area contributed by atoms with E-state index in [1.165, 1.54) is 42.4 Å². The number of amides is 3. The molecule has 4 rings (SSSR count). The highest BCUT2D eigenvalue weighted by Crippen LogP contribution is 2.39. The molecule has 0 aliphatic carbocycles. The lowest BCUT2D eigenvalue weighted by atomic mass is 10.2. The molecule has 0 saturated carbocycles. The number of urea groups is 1. The van der Waals surface area contributed by atoms with Crippen molar-refractivity contribution in [2.45, 2.75) is 6.61 Å². The molecule has 39 heavy (non-hydrogen) atoms. The number of aliphatic hydroxyl groups excluding tert-OH is 1. The van der Waals surface area contributed by atoms with Crippen LogP contribution in [0.1, 0.15) is 5.56 Å². The molecule has 0 aliphatic heterocycles. The van der Waals surface area contributed by atoms with Crippen LogP contribution in [-0.2, 0) is 16.1 Å². The molecule has 0 unspecified atom stereocenters. The molecule has 0 saturated heterocycles. The van der Waals surface area contributed by atoms with Crippen LogP contribution in [0.5, 0.6) is 11.6 Å². The average molecular weight is 574 g/mol. The van der Waals surface area contributed by atoms with Crippen LogP contribution in [0, 0.1) is 0 Å². The van der Waals surface area contributed by atoms with Gasteiger partial charge >= 0.3 is 6.03 Å². The number of benzene rings is 2. The Bertz CT molecular complexity index is 1560. The fourth-order valence-corrected chi connectivity index (χ4v) is 3.71. The van der Waals surface area contributed by atoms with Crippen molar-refractivity contribution in [2.75, 3.05) is 29.7 Å². The van der Waals surface area contributed by atoms with Crippen LogP contribution in [-0.4, -0.2) is 50.5 Å². The maximum atomic E-state index is 12.7. The van der Waals surface area contributed by atoms with Crippen LogP contribution >= 0.6 is 23.2 Å². The van der Waals surface area contributed by atoms with Crippen molar-refractivity contribution in [1.82, 2.24) is 19.7 Å². The van der Waals surface area contributed by atoms with Crippen molar-refractivity contribution in [2.24, 2.45) is 0 Å². The van der Waals surface area contributed by atoms with E-state index in [4.69, 9.17) is 32.7 Å². The van der Waals surface area contributed by atoms with Gasteiger partial charge in [-0.2, -0.15) is 0 Å². The Morgan fingerprint density at radius 3 is 2.51 bits per heavy atom. The van der Waals surface area contributed by atoms with Gasteiger partial charge in [0.05, 0.1) is 23.0 Å². The van der Waals surface area contributed by atoms with Gasteiger partial charge in [0.1, 0.15) is 35.3 Å². The molecule has 2 aromatic heterocycles. The number of aromatic amines is 1. The Kier molecular flexibility index (Phi) is 8.78. The third kappa shape index (κ3) is 6.91. The van der Waals surface area contributed by atoms with Crippen molar-refractivity contribution in [3.63, 3.8) is 0 Å². The number of rotatable bonds is 9. The van der Waals surface area contributed by atoms with E-state index in [9.17, 15) is 19.5 Å². The SMILES string of the molecule is COCC(=O)Nc1cc(Oc2ccc(NC(=O)Nc3cc(=O)[nH]n3-c3ccc(CO)cc3)c(Cl)c2Cl)ncn1. The molecule has 0 aliphatic rings. The fraction of sp³-hybridized carbons (Fsp3) is 0.125. The van der Waals surface area contributed by atoms with Gasteiger partial charge in [-0.3, -0.25) is 20.0 Å². The lowest BCUT2D eigenvalue weighted by molar-refractivity contribution is -0.119. The Morgan fingerprint density at radius 1 is 1.03 bits per heavy atom. The van der Waals surface area contributed by atoms with E-state index in [-0.39, 0.29) is 52.2 Å². The van der Waals surface area contributed by atoms with Crippen molar-refractivity contribution < 1.29 is 24.2 Å².